The fourth-order valence-electron chi connectivity index (χ4n) is 3.91. The Morgan fingerprint density at radius 2 is 1.56 bits per heavy atom. The van der Waals surface area contributed by atoms with Crippen molar-refractivity contribution in [2.24, 2.45) is 5.73 Å². The lowest BCUT2D eigenvalue weighted by Crippen LogP contribution is -2.54. The van der Waals surface area contributed by atoms with Crippen molar-refractivity contribution in [1.29, 1.82) is 0 Å². The Labute approximate surface area is 225 Å². The number of carbonyl (C=O) groups is 5. The Morgan fingerprint density at radius 3 is 2.21 bits per heavy atom. The zero-order valence-electron chi connectivity index (χ0n) is 21.6. The Hall–Kier alpha value is -3.43. The smallest absolute Gasteiger partial charge is 0.266 e. The molecule has 3 rings (SSSR count). The number of ether oxygens (including phenoxy) is 5. The highest BCUT2D eigenvalue weighted by atomic mass is 16.6. The molecule has 14 heteroatoms. The number of hydrogen-bond acceptors (Lipinski definition) is 11. The number of rotatable bonds is 18. The summed E-state index contributed by atoms with van der Waals surface area (Å²) in [5.74, 6) is -2.91. The van der Waals surface area contributed by atoms with Crippen molar-refractivity contribution >= 4 is 29.5 Å². The predicted molar refractivity (Wildman–Crippen MR) is 134 cm³/mol. The van der Waals surface area contributed by atoms with Crippen LogP contribution < -0.4 is 21.1 Å². The Balaban J connectivity index is 1.31. The zero-order valence-corrected chi connectivity index (χ0v) is 21.6. The van der Waals surface area contributed by atoms with E-state index in [9.17, 15) is 24.0 Å². The second-order valence-electron chi connectivity index (χ2n) is 8.50. The van der Waals surface area contributed by atoms with Gasteiger partial charge in [0.25, 0.3) is 17.7 Å². The number of imide groups is 2. The van der Waals surface area contributed by atoms with E-state index in [0.717, 1.165) is 4.90 Å². The van der Waals surface area contributed by atoms with Crippen LogP contribution in [0, 0.1) is 0 Å². The van der Waals surface area contributed by atoms with Crippen molar-refractivity contribution < 1.29 is 47.7 Å². The SMILES string of the molecule is NCCOCCOCCOCCOCCNC(=O)COc1cccc2c1C(=O)N(C1CCC(=O)NC1=O)C2=O. The van der Waals surface area contributed by atoms with Gasteiger partial charge in [0.15, 0.2) is 6.61 Å². The molecule has 0 radical (unpaired) electrons. The van der Waals surface area contributed by atoms with Gasteiger partial charge in [-0.1, -0.05) is 6.07 Å². The van der Waals surface area contributed by atoms with E-state index in [4.69, 9.17) is 29.4 Å². The van der Waals surface area contributed by atoms with Crippen molar-refractivity contribution in [3.63, 3.8) is 0 Å². The van der Waals surface area contributed by atoms with Gasteiger partial charge in [-0.05, 0) is 18.6 Å². The third-order valence-corrected chi connectivity index (χ3v) is 5.74. The number of amides is 5. The van der Waals surface area contributed by atoms with E-state index in [1.54, 1.807) is 0 Å². The lowest BCUT2D eigenvalue weighted by atomic mass is 10.0. The van der Waals surface area contributed by atoms with E-state index in [-0.39, 0.29) is 42.9 Å². The van der Waals surface area contributed by atoms with Crippen molar-refractivity contribution in [2.45, 2.75) is 18.9 Å². The average Bonchev–Trinajstić information content (AvgIpc) is 3.17. The van der Waals surface area contributed by atoms with E-state index >= 15 is 0 Å². The van der Waals surface area contributed by atoms with E-state index in [0.29, 0.717) is 52.8 Å². The van der Waals surface area contributed by atoms with E-state index < -0.39 is 42.2 Å². The van der Waals surface area contributed by atoms with Gasteiger partial charge in [-0.3, -0.25) is 34.2 Å². The molecule has 0 saturated carbocycles. The van der Waals surface area contributed by atoms with Crippen LogP contribution >= 0.6 is 0 Å². The molecule has 1 saturated heterocycles. The highest BCUT2D eigenvalue weighted by Gasteiger charge is 2.46. The minimum atomic E-state index is -1.09. The molecule has 0 bridgehead atoms. The summed E-state index contributed by atoms with van der Waals surface area (Å²) in [5, 5.41) is 4.78. The minimum absolute atomic E-state index is 0.0193. The molecular weight excluding hydrogens is 516 g/mol. The maximum absolute atomic E-state index is 13.0. The summed E-state index contributed by atoms with van der Waals surface area (Å²) < 4.78 is 26.8. The lowest BCUT2D eigenvalue weighted by Gasteiger charge is -2.27. The normalized spacial score (nSPS) is 16.8. The standard InChI is InChI=1S/C25H34N4O10/c26-6-8-35-10-12-37-14-15-38-13-11-36-9-7-27-21(31)16-39-19-3-1-2-17-22(19)25(34)29(24(17)33)18-4-5-20(30)28-23(18)32/h1-3,18H,4-16,26H2,(H,27,31)(H,28,30,32). The molecule has 214 valence electrons. The molecule has 1 aromatic carbocycles. The summed E-state index contributed by atoms with van der Waals surface area (Å²) in [6.07, 6.45) is 0.0641. The molecule has 1 unspecified atom stereocenters. The predicted octanol–water partition coefficient (Wildman–Crippen LogP) is -1.39. The number of fused-ring (bicyclic) bond motifs is 1. The van der Waals surface area contributed by atoms with Crippen LogP contribution in [0.1, 0.15) is 33.6 Å². The van der Waals surface area contributed by atoms with Crippen LogP contribution in [0.4, 0.5) is 0 Å². The van der Waals surface area contributed by atoms with Crippen LogP contribution in [0.25, 0.3) is 0 Å². The van der Waals surface area contributed by atoms with Gasteiger partial charge in [-0.15, -0.1) is 0 Å². The summed E-state index contributed by atoms with van der Waals surface area (Å²) in [6, 6.07) is 3.35. The Bertz CT molecular complexity index is 1030. The molecule has 2 aliphatic heterocycles. The van der Waals surface area contributed by atoms with Gasteiger partial charge in [0.05, 0.1) is 64.0 Å². The van der Waals surface area contributed by atoms with Gasteiger partial charge in [-0.25, -0.2) is 0 Å². The first-order valence-corrected chi connectivity index (χ1v) is 12.7. The van der Waals surface area contributed by atoms with Gasteiger partial charge in [0.1, 0.15) is 11.8 Å². The Morgan fingerprint density at radius 1 is 0.923 bits per heavy atom. The van der Waals surface area contributed by atoms with Crippen LogP contribution in [-0.2, 0) is 33.3 Å². The number of nitrogens with zero attached hydrogens (tertiary/aromatic N) is 1. The molecule has 4 N–H and O–H groups in total. The molecule has 1 aromatic rings. The molecule has 1 fully saturated rings. The number of hydrogen-bond donors (Lipinski definition) is 3. The highest BCUT2D eigenvalue weighted by Crippen LogP contribution is 2.33. The first kappa shape index (κ1) is 30.1. The summed E-state index contributed by atoms with van der Waals surface area (Å²) >= 11 is 0. The van der Waals surface area contributed by atoms with Crippen LogP contribution in [0.2, 0.25) is 0 Å². The zero-order chi connectivity index (χ0) is 28.0. The first-order chi connectivity index (χ1) is 18.9. The largest absolute Gasteiger partial charge is 0.483 e. The lowest BCUT2D eigenvalue weighted by molar-refractivity contribution is -0.136. The van der Waals surface area contributed by atoms with Crippen molar-refractivity contribution in [2.75, 3.05) is 72.6 Å². The van der Waals surface area contributed by atoms with Gasteiger partial charge >= 0.3 is 0 Å². The number of piperidine rings is 1. The molecule has 0 spiro atoms. The second kappa shape index (κ2) is 15.9. The summed E-state index contributed by atoms with van der Waals surface area (Å²) in [7, 11) is 0. The Kier molecular flexibility index (Phi) is 12.2. The van der Waals surface area contributed by atoms with Crippen LogP contribution in [0.5, 0.6) is 5.75 Å². The fraction of sp³-hybridized carbons (Fsp3) is 0.560. The van der Waals surface area contributed by atoms with Gasteiger partial charge in [0, 0.05) is 19.5 Å². The molecular formula is C25H34N4O10. The molecule has 0 aliphatic carbocycles. The maximum atomic E-state index is 13.0. The average molecular weight is 551 g/mol. The van der Waals surface area contributed by atoms with Gasteiger partial charge in [0.2, 0.25) is 11.8 Å². The molecule has 14 nitrogen and oxygen atoms in total. The van der Waals surface area contributed by atoms with Crippen molar-refractivity contribution in [1.82, 2.24) is 15.5 Å². The molecule has 2 heterocycles. The van der Waals surface area contributed by atoms with E-state index in [1.165, 1.54) is 18.2 Å². The van der Waals surface area contributed by atoms with E-state index in [1.807, 2.05) is 0 Å². The molecule has 1 atom stereocenters. The molecule has 39 heavy (non-hydrogen) atoms. The fourth-order valence-corrected chi connectivity index (χ4v) is 3.91. The van der Waals surface area contributed by atoms with Gasteiger partial charge < -0.3 is 34.7 Å². The summed E-state index contributed by atoms with van der Waals surface area (Å²) in [5.41, 5.74) is 5.36. The number of benzene rings is 1. The first-order valence-electron chi connectivity index (χ1n) is 12.7. The maximum Gasteiger partial charge on any atom is 0.266 e. The summed E-state index contributed by atoms with van der Waals surface area (Å²) in [4.78, 5) is 62.6. The topological polar surface area (TPSA) is 185 Å². The number of nitrogens with two attached hydrogens (primary N) is 1. The third kappa shape index (κ3) is 8.80. The second-order valence-corrected chi connectivity index (χ2v) is 8.50. The van der Waals surface area contributed by atoms with Crippen molar-refractivity contribution in [3.8, 4) is 5.75 Å². The third-order valence-electron chi connectivity index (χ3n) is 5.74. The van der Waals surface area contributed by atoms with Gasteiger partial charge in [-0.2, -0.15) is 0 Å². The highest BCUT2D eigenvalue weighted by molar-refractivity contribution is 6.24. The van der Waals surface area contributed by atoms with Crippen LogP contribution in [0.15, 0.2) is 18.2 Å². The molecule has 2 aliphatic rings. The van der Waals surface area contributed by atoms with Crippen molar-refractivity contribution in [3.05, 3.63) is 29.3 Å². The monoisotopic (exact) mass is 550 g/mol. The van der Waals surface area contributed by atoms with E-state index in [2.05, 4.69) is 10.6 Å². The minimum Gasteiger partial charge on any atom is -0.483 e. The number of carbonyl (C=O) groups excluding carboxylic acids is 5. The quantitative estimate of drug-likeness (QED) is 0.144. The van der Waals surface area contributed by atoms with Crippen LogP contribution in [0.3, 0.4) is 0 Å². The van der Waals surface area contributed by atoms with Crippen LogP contribution in [-0.4, -0.2) is 113 Å². The number of nitrogens with one attached hydrogen (secondary N) is 2. The molecule has 5 amide bonds. The summed E-state index contributed by atoms with van der Waals surface area (Å²) in [6.45, 7) is 3.67. The molecule has 0 aromatic heterocycles.